The number of likely N-dealkylation sites (tertiary alicyclic amines) is 1. The highest BCUT2D eigenvalue weighted by atomic mass is 32.2. The number of rotatable bonds is 7. The third kappa shape index (κ3) is 5.77. The number of carbonyl (C=O) groups is 1. The summed E-state index contributed by atoms with van der Waals surface area (Å²) in [4.78, 5) is 16.9. The molecule has 0 radical (unpaired) electrons. The Labute approximate surface area is 164 Å². The van der Waals surface area contributed by atoms with E-state index >= 15 is 0 Å². The molecule has 1 N–H and O–H groups in total. The van der Waals surface area contributed by atoms with Crippen LogP contribution in [0, 0.1) is 13.8 Å². The van der Waals surface area contributed by atoms with Crippen molar-refractivity contribution >= 4 is 15.9 Å². The van der Waals surface area contributed by atoms with Crippen LogP contribution in [0.3, 0.4) is 0 Å². The van der Waals surface area contributed by atoms with Gasteiger partial charge in [-0.3, -0.25) is 4.79 Å². The van der Waals surface area contributed by atoms with E-state index in [1.807, 2.05) is 20.9 Å². The first-order chi connectivity index (χ1) is 12.6. The van der Waals surface area contributed by atoms with Crippen LogP contribution in [0.4, 0.5) is 0 Å². The minimum absolute atomic E-state index is 0.0132. The maximum atomic E-state index is 12.5. The van der Waals surface area contributed by atoms with E-state index in [2.05, 4.69) is 23.5 Å². The van der Waals surface area contributed by atoms with Gasteiger partial charge in [-0.2, -0.15) is 0 Å². The van der Waals surface area contributed by atoms with E-state index in [1.165, 1.54) is 0 Å². The molecule has 0 saturated carbocycles. The molecule has 1 amide bonds. The summed E-state index contributed by atoms with van der Waals surface area (Å²) >= 11 is 0. The highest BCUT2D eigenvalue weighted by Gasteiger charge is 2.26. The first-order valence-electron chi connectivity index (χ1n) is 9.68. The predicted molar refractivity (Wildman–Crippen MR) is 108 cm³/mol. The molecule has 1 aromatic carbocycles. The highest BCUT2D eigenvalue weighted by Crippen LogP contribution is 2.18. The van der Waals surface area contributed by atoms with Crippen molar-refractivity contribution in [2.24, 2.45) is 0 Å². The quantitative estimate of drug-likeness (QED) is 0.769. The summed E-state index contributed by atoms with van der Waals surface area (Å²) in [5, 5.41) is 0. The molecule has 27 heavy (non-hydrogen) atoms. The molecule has 2 rings (SSSR count). The standard InChI is InChI=1S/C20H33N3O3S/c1-15(2)23-12-9-18(10-13-23)22(5)20(24)8-11-21-27(25,26)19-7-6-16(3)17(4)14-19/h6-7,14-15,18,21H,8-13H2,1-5H3. The second-order valence-electron chi connectivity index (χ2n) is 7.76. The summed E-state index contributed by atoms with van der Waals surface area (Å²) in [5.41, 5.74) is 1.98. The van der Waals surface area contributed by atoms with Crippen LogP contribution in [-0.4, -0.2) is 62.9 Å². The molecule has 0 aliphatic carbocycles. The first kappa shape index (κ1) is 21.9. The summed E-state index contributed by atoms with van der Waals surface area (Å²) in [7, 11) is -1.76. The average molecular weight is 396 g/mol. The molecule has 1 saturated heterocycles. The van der Waals surface area contributed by atoms with E-state index in [0.29, 0.717) is 6.04 Å². The Morgan fingerprint density at radius 2 is 1.85 bits per heavy atom. The number of hydrogen-bond donors (Lipinski definition) is 1. The smallest absolute Gasteiger partial charge is 0.240 e. The molecule has 1 aromatic rings. The SMILES string of the molecule is Cc1ccc(S(=O)(=O)NCCC(=O)N(C)C2CCN(C(C)C)CC2)cc1C. The lowest BCUT2D eigenvalue weighted by molar-refractivity contribution is -0.132. The Balaban J connectivity index is 1.83. The second kappa shape index (κ2) is 9.17. The lowest BCUT2D eigenvalue weighted by Crippen LogP contribution is -2.47. The lowest BCUT2D eigenvalue weighted by atomic mass is 10.0. The van der Waals surface area contributed by atoms with Gasteiger partial charge in [0.15, 0.2) is 0 Å². The third-order valence-corrected chi connectivity index (χ3v) is 7.05. The molecule has 0 unspecified atom stereocenters. The number of benzene rings is 1. The summed E-state index contributed by atoms with van der Waals surface area (Å²) in [5.74, 6) is -0.0132. The monoisotopic (exact) mass is 395 g/mol. The number of nitrogens with one attached hydrogen (secondary N) is 1. The fraction of sp³-hybridized carbons (Fsp3) is 0.650. The summed E-state index contributed by atoms with van der Waals surface area (Å²) < 4.78 is 27.4. The largest absolute Gasteiger partial charge is 0.343 e. The summed E-state index contributed by atoms with van der Waals surface area (Å²) in [6.07, 6.45) is 2.11. The van der Waals surface area contributed by atoms with Crippen molar-refractivity contribution in [3.8, 4) is 0 Å². The molecule has 1 heterocycles. The van der Waals surface area contributed by atoms with Crippen molar-refractivity contribution in [2.75, 3.05) is 26.7 Å². The number of nitrogens with zero attached hydrogens (tertiary/aromatic N) is 2. The van der Waals surface area contributed by atoms with Gasteiger partial charge in [0.2, 0.25) is 15.9 Å². The minimum atomic E-state index is -3.59. The Kier molecular flexibility index (Phi) is 7.42. The highest BCUT2D eigenvalue weighted by molar-refractivity contribution is 7.89. The number of aryl methyl sites for hydroxylation is 2. The number of piperidine rings is 1. The summed E-state index contributed by atoms with van der Waals surface area (Å²) in [6.45, 7) is 10.3. The van der Waals surface area contributed by atoms with Crippen molar-refractivity contribution in [1.29, 1.82) is 0 Å². The van der Waals surface area contributed by atoms with Gasteiger partial charge in [0.1, 0.15) is 0 Å². The molecule has 7 heteroatoms. The molecule has 1 aliphatic heterocycles. The van der Waals surface area contributed by atoms with E-state index in [4.69, 9.17) is 0 Å². The van der Waals surface area contributed by atoms with Crippen LogP contribution in [0.25, 0.3) is 0 Å². The van der Waals surface area contributed by atoms with Gasteiger partial charge < -0.3 is 9.80 Å². The minimum Gasteiger partial charge on any atom is -0.343 e. The molecule has 6 nitrogen and oxygen atoms in total. The zero-order valence-electron chi connectivity index (χ0n) is 17.2. The van der Waals surface area contributed by atoms with Gasteiger partial charge in [-0.1, -0.05) is 6.07 Å². The molecular formula is C20H33N3O3S. The van der Waals surface area contributed by atoms with Gasteiger partial charge in [0, 0.05) is 45.2 Å². The van der Waals surface area contributed by atoms with Crippen molar-refractivity contribution in [3.05, 3.63) is 29.3 Å². The maximum Gasteiger partial charge on any atom is 0.240 e. The van der Waals surface area contributed by atoms with Gasteiger partial charge in [-0.15, -0.1) is 0 Å². The maximum absolute atomic E-state index is 12.5. The van der Waals surface area contributed by atoms with Crippen LogP contribution >= 0.6 is 0 Å². The van der Waals surface area contributed by atoms with Crippen molar-refractivity contribution in [1.82, 2.24) is 14.5 Å². The lowest BCUT2D eigenvalue weighted by Gasteiger charge is -2.38. The second-order valence-corrected chi connectivity index (χ2v) is 9.53. The van der Waals surface area contributed by atoms with E-state index in [1.54, 1.807) is 23.1 Å². The first-order valence-corrected chi connectivity index (χ1v) is 11.2. The van der Waals surface area contributed by atoms with E-state index in [0.717, 1.165) is 37.1 Å². The van der Waals surface area contributed by atoms with Crippen LogP contribution in [0.15, 0.2) is 23.1 Å². The van der Waals surface area contributed by atoms with Crippen molar-refractivity contribution in [2.45, 2.75) is 63.9 Å². The molecule has 0 aromatic heterocycles. The molecule has 0 spiro atoms. The van der Waals surface area contributed by atoms with Crippen LogP contribution in [0.1, 0.15) is 44.2 Å². The van der Waals surface area contributed by atoms with E-state index < -0.39 is 10.0 Å². The van der Waals surface area contributed by atoms with Gasteiger partial charge in [-0.05, 0) is 63.8 Å². The Bertz CT molecular complexity index is 754. The zero-order valence-corrected chi connectivity index (χ0v) is 18.0. The summed E-state index contributed by atoms with van der Waals surface area (Å²) in [6, 6.07) is 5.83. The topological polar surface area (TPSA) is 69.7 Å². The fourth-order valence-electron chi connectivity index (χ4n) is 3.43. The molecule has 1 fully saturated rings. The van der Waals surface area contributed by atoms with Gasteiger partial charge >= 0.3 is 0 Å². The van der Waals surface area contributed by atoms with Gasteiger partial charge in [-0.25, -0.2) is 13.1 Å². The van der Waals surface area contributed by atoms with Crippen LogP contribution in [0.5, 0.6) is 0 Å². The molecule has 152 valence electrons. The van der Waals surface area contributed by atoms with Crippen molar-refractivity contribution in [3.63, 3.8) is 0 Å². The van der Waals surface area contributed by atoms with Crippen LogP contribution in [0.2, 0.25) is 0 Å². The zero-order chi connectivity index (χ0) is 20.2. The molecule has 0 atom stereocenters. The normalized spacial score (nSPS) is 16.7. The Morgan fingerprint density at radius 1 is 1.22 bits per heavy atom. The van der Waals surface area contributed by atoms with E-state index in [-0.39, 0.29) is 29.8 Å². The van der Waals surface area contributed by atoms with Crippen LogP contribution < -0.4 is 4.72 Å². The van der Waals surface area contributed by atoms with Gasteiger partial charge in [0.25, 0.3) is 0 Å². The van der Waals surface area contributed by atoms with Crippen molar-refractivity contribution < 1.29 is 13.2 Å². The third-order valence-electron chi connectivity index (χ3n) is 5.59. The number of sulfonamides is 1. The predicted octanol–water partition coefficient (Wildman–Crippen LogP) is 2.30. The molecule has 0 bridgehead atoms. The number of carbonyl (C=O) groups excluding carboxylic acids is 1. The number of hydrogen-bond acceptors (Lipinski definition) is 4. The number of amides is 1. The fourth-order valence-corrected chi connectivity index (χ4v) is 4.54. The molecule has 1 aliphatic rings. The Hall–Kier alpha value is -1.44. The Morgan fingerprint density at radius 3 is 2.41 bits per heavy atom. The van der Waals surface area contributed by atoms with Gasteiger partial charge in [0.05, 0.1) is 4.90 Å². The van der Waals surface area contributed by atoms with E-state index in [9.17, 15) is 13.2 Å². The average Bonchev–Trinajstić information content (AvgIpc) is 2.63. The molecular weight excluding hydrogens is 362 g/mol. The van der Waals surface area contributed by atoms with Crippen LogP contribution in [-0.2, 0) is 14.8 Å².